The molecule has 1 aliphatic carbocycles. The number of imidazole rings is 1. The topological polar surface area (TPSA) is 132 Å². The first kappa shape index (κ1) is 25.9. The Labute approximate surface area is 215 Å². The molecule has 2 atom stereocenters. The average Bonchev–Trinajstić information content (AvgIpc) is 3.32. The first-order valence-electron chi connectivity index (χ1n) is 12.1. The molecule has 5 rings (SSSR count). The summed E-state index contributed by atoms with van der Waals surface area (Å²) >= 11 is 6.06. The molecular weight excluding hydrogens is 480 g/mol. The van der Waals surface area contributed by atoms with E-state index in [0.717, 1.165) is 57.0 Å². The Balaban J connectivity index is 0.000000256. The summed E-state index contributed by atoms with van der Waals surface area (Å²) in [5, 5.41) is 0.403. The van der Waals surface area contributed by atoms with E-state index in [1.807, 2.05) is 12.1 Å². The van der Waals surface area contributed by atoms with Crippen molar-refractivity contribution in [3.63, 3.8) is 0 Å². The van der Waals surface area contributed by atoms with E-state index < -0.39 is 0 Å². The zero-order chi connectivity index (χ0) is 25.7. The lowest BCUT2D eigenvalue weighted by molar-refractivity contribution is -0.122. The van der Waals surface area contributed by atoms with Crippen LogP contribution in [-0.4, -0.2) is 59.2 Å². The third-order valence-corrected chi connectivity index (χ3v) is 6.79. The second-order valence-corrected chi connectivity index (χ2v) is 9.61. The standard InChI is InChI=1S/C18H20ClN5O2.C8H13NO/c1-25-14-3-2-11(10-24-4-6-26-7-5-24)8-12(14)17-22-16-15(20)13(19)9-21-18(16)23-17;1-6-3-2-4-7(5-6)8(9)10/h2-3,8-9H,4-7,10H2,1H3,(H3,20,21,22,23);2-3,6-7H,4-5H2,1H3,(H2,9,10)/t;6-,7+/m.1/s1. The number of nitrogens with two attached hydrogens (primary N) is 2. The number of allylic oxidation sites excluding steroid dienone is 2. The second-order valence-electron chi connectivity index (χ2n) is 9.20. The molecule has 1 aromatic carbocycles. The van der Waals surface area contributed by atoms with Crippen molar-refractivity contribution in [2.24, 2.45) is 17.6 Å². The minimum atomic E-state index is -0.156. The molecule has 2 aliphatic rings. The van der Waals surface area contributed by atoms with Crippen molar-refractivity contribution < 1.29 is 14.3 Å². The van der Waals surface area contributed by atoms with Crippen LogP contribution in [0.5, 0.6) is 5.75 Å². The van der Waals surface area contributed by atoms with Crippen LogP contribution in [0, 0.1) is 11.8 Å². The minimum absolute atomic E-state index is 0.0833. The number of aromatic amines is 1. The maximum absolute atomic E-state index is 10.7. The molecule has 0 radical (unpaired) electrons. The summed E-state index contributed by atoms with van der Waals surface area (Å²) in [7, 11) is 1.65. The lowest BCUT2D eigenvalue weighted by Gasteiger charge is -2.26. The molecule has 0 unspecified atom stereocenters. The van der Waals surface area contributed by atoms with E-state index in [9.17, 15) is 4.79 Å². The number of H-pyrrole nitrogens is 1. The Bertz CT molecular complexity index is 1240. The van der Waals surface area contributed by atoms with Gasteiger partial charge in [-0.25, -0.2) is 9.97 Å². The van der Waals surface area contributed by atoms with Crippen LogP contribution in [-0.2, 0) is 16.1 Å². The van der Waals surface area contributed by atoms with Crippen LogP contribution >= 0.6 is 11.6 Å². The molecule has 0 spiro atoms. The molecule has 0 saturated carbocycles. The summed E-state index contributed by atoms with van der Waals surface area (Å²) in [4.78, 5) is 25.1. The number of carbonyl (C=O) groups is 1. The lowest BCUT2D eigenvalue weighted by atomic mass is 9.87. The summed E-state index contributed by atoms with van der Waals surface area (Å²) < 4.78 is 10.9. The number of hydrogen-bond acceptors (Lipinski definition) is 7. The fourth-order valence-electron chi connectivity index (χ4n) is 4.47. The van der Waals surface area contributed by atoms with Gasteiger partial charge in [0.2, 0.25) is 5.91 Å². The van der Waals surface area contributed by atoms with Crippen molar-refractivity contribution in [1.29, 1.82) is 0 Å². The van der Waals surface area contributed by atoms with Crippen LogP contribution < -0.4 is 16.2 Å². The van der Waals surface area contributed by atoms with Crippen molar-refractivity contribution in [3.8, 4) is 17.1 Å². The highest BCUT2D eigenvalue weighted by molar-refractivity contribution is 6.34. The van der Waals surface area contributed by atoms with Gasteiger partial charge in [-0.2, -0.15) is 0 Å². The number of hydrogen-bond donors (Lipinski definition) is 3. The Kier molecular flexibility index (Phi) is 8.45. The van der Waals surface area contributed by atoms with E-state index >= 15 is 0 Å². The predicted octanol–water partition coefficient (Wildman–Crippen LogP) is 3.78. The normalized spacial score (nSPS) is 20.1. The zero-order valence-electron chi connectivity index (χ0n) is 20.7. The molecule has 1 fully saturated rings. The van der Waals surface area contributed by atoms with Gasteiger partial charge in [-0.1, -0.05) is 36.7 Å². The number of halogens is 1. The highest BCUT2D eigenvalue weighted by Gasteiger charge is 2.19. The molecule has 2 aromatic heterocycles. The fraction of sp³-hybridized carbons (Fsp3) is 0.423. The van der Waals surface area contributed by atoms with Crippen LogP contribution in [0.25, 0.3) is 22.6 Å². The van der Waals surface area contributed by atoms with Gasteiger partial charge in [0.25, 0.3) is 0 Å². The number of nitrogens with one attached hydrogen (secondary N) is 1. The van der Waals surface area contributed by atoms with Gasteiger partial charge in [-0.3, -0.25) is 9.69 Å². The van der Waals surface area contributed by atoms with Gasteiger partial charge in [0.1, 0.15) is 17.1 Å². The number of nitrogens with zero attached hydrogens (tertiary/aromatic N) is 3. The Morgan fingerprint density at radius 1 is 1.33 bits per heavy atom. The number of rotatable bonds is 5. The predicted molar refractivity (Wildman–Crippen MR) is 142 cm³/mol. The van der Waals surface area contributed by atoms with Gasteiger partial charge in [-0.05, 0) is 36.5 Å². The van der Waals surface area contributed by atoms with Crippen molar-refractivity contribution in [2.75, 3.05) is 39.1 Å². The first-order chi connectivity index (χ1) is 17.4. The number of amides is 1. The third-order valence-electron chi connectivity index (χ3n) is 6.48. The molecule has 0 bridgehead atoms. The summed E-state index contributed by atoms with van der Waals surface area (Å²) in [6.07, 6.45) is 7.45. The van der Waals surface area contributed by atoms with Crippen LogP contribution in [0.1, 0.15) is 25.3 Å². The number of primary amides is 1. The number of nitrogen functional groups attached to an aromatic ring is 1. The Morgan fingerprint density at radius 3 is 2.78 bits per heavy atom. The molecule has 192 valence electrons. The van der Waals surface area contributed by atoms with Crippen molar-refractivity contribution in [1.82, 2.24) is 19.9 Å². The van der Waals surface area contributed by atoms with Crippen molar-refractivity contribution in [2.45, 2.75) is 26.3 Å². The largest absolute Gasteiger partial charge is 0.496 e. The molecule has 3 aromatic rings. The van der Waals surface area contributed by atoms with Crippen LogP contribution in [0.15, 0.2) is 36.5 Å². The summed E-state index contributed by atoms with van der Waals surface area (Å²) in [5.41, 5.74) is 14.9. The number of methoxy groups -OCH3 is 1. The van der Waals surface area contributed by atoms with Gasteiger partial charge < -0.3 is 25.9 Å². The van der Waals surface area contributed by atoms with E-state index in [-0.39, 0.29) is 11.8 Å². The number of ether oxygens (including phenoxy) is 2. The fourth-order valence-corrected chi connectivity index (χ4v) is 4.61. The van der Waals surface area contributed by atoms with E-state index in [1.165, 1.54) is 11.8 Å². The third kappa shape index (κ3) is 6.16. The van der Waals surface area contributed by atoms with Crippen LogP contribution in [0.4, 0.5) is 5.69 Å². The second kappa shape index (κ2) is 11.7. The van der Waals surface area contributed by atoms with E-state index in [2.05, 4.69) is 45.0 Å². The number of fused-ring (bicyclic) bond motifs is 1. The van der Waals surface area contributed by atoms with Crippen LogP contribution in [0.2, 0.25) is 5.02 Å². The SMILES string of the molecule is COc1ccc(CN2CCOCC2)cc1-c1nc2ncc(Cl)c(N)c2[nH]1.C[C@@H]1C=CC[C@H](C(N)=O)C1. The molecule has 36 heavy (non-hydrogen) atoms. The molecular formula is C26H33ClN6O3. The molecule has 9 nitrogen and oxygen atoms in total. The van der Waals surface area contributed by atoms with Gasteiger partial charge in [0, 0.05) is 25.6 Å². The highest BCUT2D eigenvalue weighted by atomic mass is 35.5. The average molecular weight is 513 g/mol. The van der Waals surface area contributed by atoms with Gasteiger partial charge >= 0.3 is 0 Å². The van der Waals surface area contributed by atoms with E-state index in [1.54, 1.807) is 7.11 Å². The maximum Gasteiger partial charge on any atom is 0.220 e. The number of anilines is 1. The van der Waals surface area contributed by atoms with E-state index in [0.29, 0.717) is 33.6 Å². The van der Waals surface area contributed by atoms with Gasteiger partial charge in [-0.15, -0.1) is 0 Å². The van der Waals surface area contributed by atoms with Crippen molar-refractivity contribution >= 4 is 34.4 Å². The lowest BCUT2D eigenvalue weighted by Crippen LogP contribution is -2.35. The highest BCUT2D eigenvalue weighted by Crippen LogP contribution is 2.33. The quantitative estimate of drug-likeness (QED) is 0.443. The van der Waals surface area contributed by atoms with Gasteiger partial charge in [0.15, 0.2) is 5.65 Å². The number of aromatic nitrogens is 3. The molecule has 1 aliphatic heterocycles. The number of pyridine rings is 1. The number of benzene rings is 1. The molecule has 3 heterocycles. The first-order valence-corrected chi connectivity index (χ1v) is 12.5. The molecule has 1 amide bonds. The molecule has 1 saturated heterocycles. The summed E-state index contributed by atoms with van der Waals surface area (Å²) in [6.45, 7) is 6.38. The molecule has 10 heteroatoms. The van der Waals surface area contributed by atoms with Crippen molar-refractivity contribution in [3.05, 3.63) is 47.1 Å². The molecule has 5 N–H and O–H groups in total. The number of carbonyl (C=O) groups excluding carboxylic acids is 1. The Morgan fingerprint density at radius 2 is 2.11 bits per heavy atom. The smallest absolute Gasteiger partial charge is 0.220 e. The van der Waals surface area contributed by atoms with Crippen LogP contribution in [0.3, 0.4) is 0 Å². The zero-order valence-corrected chi connectivity index (χ0v) is 21.4. The van der Waals surface area contributed by atoms with E-state index in [4.69, 9.17) is 32.5 Å². The Hall–Kier alpha value is -3.14. The monoisotopic (exact) mass is 512 g/mol. The minimum Gasteiger partial charge on any atom is -0.496 e. The number of morpholine rings is 1. The maximum atomic E-state index is 10.7. The summed E-state index contributed by atoms with van der Waals surface area (Å²) in [5.74, 6) is 1.84. The van der Waals surface area contributed by atoms with Gasteiger partial charge in [0.05, 0.1) is 42.8 Å². The summed E-state index contributed by atoms with van der Waals surface area (Å²) in [6, 6.07) is 6.12.